The number of rotatable bonds is 10. The lowest BCUT2D eigenvalue weighted by Gasteiger charge is -2.53. The first-order valence-corrected chi connectivity index (χ1v) is 22.2. The van der Waals surface area contributed by atoms with Crippen LogP contribution >= 0.6 is 11.3 Å². The van der Waals surface area contributed by atoms with E-state index in [2.05, 4.69) is 114 Å². The number of thiophene rings is 1. The van der Waals surface area contributed by atoms with Gasteiger partial charge in [0.15, 0.2) is 0 Å². The summed E-state index contributed by atoms with van der Waals surface area (Å²) < 4.78 is 22.2. The molecule has 8 heteroatoms. The van der Waals surface area contributed by atoms with Crippen LogP contribution in [-0.2, 0) is 13.6 Å². The van der Waals surface area contributed by atoms with Crippen LogP contribution in [0, 0.1) is 0 Å². The number of hydrogen-bond donors (Lipinski definition) is 2. The molecule has 2 heterocycles. The van der Waals surface area contributed by atoms with Crippen LogP contribution in [0.25, 0.3) is 0 Å². The number of hydrogen-bond acceptors (Lipinski definition) is 6. The second-order valence-electron chi connectivity index (χ2n) is 15.3. The van der Waals surface area contributed by atoms with Gasteiger partial charge in [0.2, 0.25) is 0 Å². The molecule has 1 aromatic heterocycles. The molecular weight excluding hydrogens is 673 g/mol. The van der Waals surface area contributed by atoms with Gasteiger partial charge in [0.05, 0.1) is 6.61 Å². The highest BCUT2D eigenvalue weighted by Crippen LogP contribution is 2.46. The Morgan fingerprint density at radius 3 is 1.28 bits per heavy atom. The first-order chi connectivity index (χ1) is 23.9. The monoisotopic (exact) mass is 722 g/mol. The van der Waals surface area contributed by atoms with Crippen molar-refractivity contribution in [1.82, 2.24) is 0 Å². The van der Waals surface area contributed by atoms with Crippen LogP contribution in [0.3, 0.4) is 0 Å². The molecule has 5 aromatic rings. The molecule has 5 nitrogen and oxygen atoms in total. The van der Waals surface area contributed by atoms with Gasteiger partial charge in [-0.05, 0) is 42.3 Å². The summed E-state index contributed by atoms with van der Waals surface area (Å²) in [5.74, 6) is 0. The van der Waals surface area contributed by atoms with Gasteiger partial charge in [-0.25, -0.2) is 0 Å². The molecule has 262 valence electrons. The van der Waals surface area contributed by atoms with Gasteiger partial charge < -0.3 is 23.8 Å². The van der Waals surface area contributed by atoms with Gasteiger partial charge in [-0.2, -0.15) is 0 Å². The smallest absolute Gasteiger partial charge is 0.261 e. The highest BCUT2D eigenvalue weighted by Gasteiger charge is 2.59. The van der Waals surface area contributed by atoms with E-state index in [1.165, 1.54) is 0 Å². The second kappa shape index (κ2) is 14.8. The first-order valence-electron chi connectivity index (χ1n) is 17.5. The molecule has 1 fully saturated rings. The third-order valence-corrected chi connectivity index (χ3v) is 21.1. The molecule has 0 radical (unpaired) electrons. The first kappa shape index (κ1) is 36.6. The Bertz CT molecular complexity index is 1700. The van der Waals surface area contributed by atoms with E-state index in [0.29, 0.717) is 0 Å². The molecule has 0 amide bonds. The fraction of sp³-hybridized carbons (Fsp3) is 0.333. The van der Waals surface area contributed by atoms with Gasteiger partial charge in [-0.15, -0.1) is 11.3 Å². The molecule has 4 aromatic carbocycles. The largest absolute Gasteiger partial charge is 0.399 e. The summed E-state index contributed by atoms with van der Waals surface area (Å²) in [6, 6.07) is 45.8. The maximum absolute atomic E-state index is 13.0. The molecule has 0 saturated carbocycles. The van der Waals surface area contributed by atoms with E-state index in [-0.39, 0.29) is 16.7 Å². The van der Waals surface area contributed by atoms with Crippen LogP contribution < -0.4 is 20.7 Å². The van der Waals surface area contributed by atoms with Crippen molar-refractivity contribution in [2.24, 2.45) is 0 Å². The zero-order chi connectivity index (χ0) is 35.6. The van der Waals surface area contributed by atoms with Crippen LogP contribution in [0.1, 0.15) is 52.5 Å². The Balaban J connectivity index is 1.55. The Morgan fingerprint density at radius 2 is 0.960 bits per heavy atom. The lowest BCUT2D eigenvalue weighted by Crippen LogP contribution is -2.73. The molecule has 1 aliphatic heterocycles. The van der Waals surface area contributed by atoms with Gasteiger partial charge in [0.25, 0.3) is 16.6 Å². The molecule has 1 saturated heterocycles. The van der Waals surface area contributed by atoms with Gasteiger partial charge >= 0.3 is 0 Å². The van der Waals surface area contributed by atoms with Gasteiger partial charge in [-0.1, -0.05) is 169 Å². The standard InChI is InChI=1S/C42H50O5SSi2/c1-41(2,3)49(31-20-11-7-12-21-31,32-22-13-8-14-23-32)46-38-35(30-43)45-39(36-28-19-29-48-36)40(37(38)44)47-50(42(4,5)6,33-24-15-9-16-25-33)34-26-17-10-18-27-34/h7-29,35,37-40,43-44H,30H2,1-6H3/t35-,37+,38-,39+,40-/m1/s1. The summed E-state index contributed by atoms with van der Waals surface area (Å²) in [7, 11) is -6.33. The molecule has 2 N–H and O–H groups in total. The van der Waals surface area contributed by atoms with Crippen molar-refractivity contribution in [3.8, 4) is 0 Å². The van der Waals surface area contributed by atoms with E-state index in [4.69, 9.17) is 13.6 Å². The van der Waals surface area contributed by atoms with Crippen LogP contribution in [0.2, 0.25) is 10.1 Å². The molecule has 5 atom stereocenters. The number of ether oxygens (including phenoxy) is 1. The highest BCUT2D eigenvalue weighted by molar-refractivity contribution is 7.10. The van der Waals surface area contributed by atoms with Crippen LogP contribution in [0.15, 0.2) is 139 Å². The van der Waals surface area contributed by atoms with Gasteiger partial charge in [0, 0.05) is 4.88 Å². The summed E-state index contributed by atoms with van der Waals surface area (Å²) in [5, 5.41) is 29.7. The minimum Gasteiger partial charge on any atom is -0.399 e. The fourth-order valence-corrected chi connectivity index (χ4v) is 18.0. The highest BCUT2D eigenvalue weighted by atomic mass is 32.1. The molecule has 0 spiro atoms. The molecule has 50 heavy (non-hydrogen) atoms. The van der Waals surface area contributed by atoms with Crippen molar-refractivity contribution in [1.29, 1.82) is 0 Å². The van der Waals surface area contributed by atoms with Crippen molar-refractivity contribution in [2.75, 3.05) is 6.61 Å². The van der Waals surface area contributed by atoms with E-state index < -0.39 is 47.2 Å². The summed E-state index contributed by atoms with van der Waals surface area (Å²) >= 11 is 1.57. The molecule has 0 aliphatic carbocycles. The number of aliphatic hydroxyl groups excluding tert-OH is 2. The van der Waals surface area contributed by atoms with E-state index in [9.17, 15) is 10.2 Å². The maximum Gasteiger partial charge on any atom is 0.261 e. The van der Waals surface area contributed by atoms with Crippen molar-refractivity contribution >= 4 is 48.7 Å². The van der Waals surface area contributed by atoms with Gasteiger partial charge in [-0.3, -0.25) is 0 Å². The predicted molar refractivity (Wildman–Crippen MR) is 210 cm³/mol. The van der Waals surface area contributed by atoms with Crippen molar-refractivity contribution < 1.29 is 23.8 Å². The molecular formula is C42H50O5SSi2. The third-order valence-electron chi connectivity index (χ3n) is 10.1. The Morgan fingerprint density at radius 1 is 0.580 bits per heavy atom. The number of aliphatic hydroxyl groups is 2. The van der Waals surface area contributed by atoms with E-state index in [1.54, 1.807) is 11.3 Å². The van der Waals surface area contributed by atoms with Crippen LogP contribution in [0.5, 0.6) is 0 Å². The maximum atomic E-state index is 13.0. The lowest BCUT2D eigenvalue weighted by atomic mass is 9.94. The fourth-order valence-electron chi connectivity index (χ4n) is 7.83. The minimum atomic E-state index is -3.17. The quantitative estimate of drug-likeness (QED) is 0.163. The summed E-state index contributed by atoms with van der Waals surface area (Å²) in [6.07, 6.45) is -4.23. The van der Waals surface area contributed by atoms with E-state index in [1.807, 2.05) is 66.0 Å². The van der Waals surface area contributed by atoms with Crippen molar-refractivity contribution in [2.45, 2.75) is 82.1 Å². The summed E-state index contributed by atoms with van der Waals surface area (Å²) in [4.78, 5) is 0.939. The van der Waals surface area contributed by atoms with Crippen molar-refractivity contribution in [3.63, 3.8) is 0 Å². The second-order valence-corrected chi connectivity index (χ2v) is 24.8. The van der Waals surface area contributed by atoms with Gasteiger partial charge in [0.1, 0.15) is 30.5 Å². The predicted octanol–water partition coefficient (Wildman–Crippen LogP) is 6.43. The average Bonchev–Trinajstić information content (AvgIpc) is 3.66. The zero-order valence-electron chi connectivity index (χ0n) is 29.9. The Hall–Kier alpha value is -3.19. The summed E-state index contributed by atoms with van der Waals surface area (Å²) in [6.45, 7) is 13.1. The van der Waals surface area contributed by atoms with Crippen LogP contribution in [0.4, 0.5) is 0 Å². The molecule has 6 rings (SSSR count). The molecule has 0 bridgehead atoms. The van der Waals surface area contributed by atoms with E-state index in [0.717, 1.165) is 25.6 Å². The summed E-state index contributed by atoms with van der Waals surface area (Å²) in [5.41, 5.74) is 0. The number of benzene rings is 4. The van der Waals surface area contributed by atoms with Crippen LogP contribution in [-0.4, -0.2) is 57.9 Å². The Labute approximate surface area is 303 Å². The molecule has 0 unspecified atom stereocenters. The van der Waals surface area contributed by atoms with Crippen molar-refractivity contribution in [3.05, 3.63) is 144 Å². The third kappa shape index (κ3) is 6.64. The zero-order valence-corrected chi connectivity index (χ0v) is 32.7. The van der Waals surface area contributed by atoms with E-state index >= 15 is 0 Å². The molecule has 1 aliphatic rings. The normalized spacial score (nSPS) is 22.0. The SMILES string of the molecule is CC(C)(C)[Si](O[C@@H]1[C@@H](O)[C@H](O[Si](c2ccccc2)(c2ccccc2)C(C)(C)C)[C@@H](CO)O[C@H]1c1cccs1)(c1ccccc1)c1ccccc1. The topological polar surface area (TPSA) is 68.2 Å². The minimum absolute atomic E-state index is 0.312. The Kier molecular flexibility index (Phi) is 10.8. The lowest BCUT2D eigenvalue weighted by molar-refractivity contribution is -0.221. The average molecular weight is 723 g/mol.